The summed E-state index contributed by atoms with van der Waals surface area (Å²) in [7, 11) is 0. The Morgan fingerprint density at radius 3 is 2.53 bits per heavy atom. The van der Waals surface area contributed by atoms with Crippen LogP contribution < -0.4 is 11.1 Å². The Labute approximate surface area is 102 Å². The molecule has 1 rings (SSSR count). The van der Waals surface area contributed by atoms with Crippen LogP contribution in [-0.4, -0.2) is 30.1 Å². The van der Waals surface area contributed by atoms with Crippen molar-refractivity contribution in [3.8, 4) is 0 Å². The van der Waals surface area contributed by atoms with Gasteiger partial charge in [-0.2, -0.15) is 0 Å². The highest BCUT2D eigenvalue weighted by Crippen LogP contribution is 2.40. The van der Waals surface area contributed by atoms with E-state index in [4.69, 9.17) is 10.8 Å². The van der Waals surface area contributed by atoms with Crippen molar-refractivity contribution in [2.24, 2.45) is 17.1 Å². The molecule has 1 aliphatic rings. The van der Waals surface area contributed by atoms with E-state index in [-0.39, 0.29) is 12.5 Å². The molecule has 4 N–H and O–H groups in total. The van der Waals surface area contributed by atoms with Gasteiger partial charge < -0.3 is 16.2 Å². The smallest absolute Gasteiger partial charge is 0.311 e. The third-order valence-electron chi connectivity index (χ3n) is 3.65. The Hall–Kier alpha value is -1.10. The van der Waals surface area contributed by atoms with Gasteiger partial charge in [0, 0.05) is 13.0 Å². The molecular weight excluding hydrogens is 220 g/mol. The zero-order valence-electron chi connectivity index (χ0n) is 10.4. The van der Waals surface area contributed by atoms with Gasteiger partial charge in [0.15, 0.2) is 0 Å². The van der Waals surface area contributed by atoms with Crippen molar-refractivity contribution in [1.82, 2.24) is 5.32 Å². The fourth-order valence-corrected chi connectivity index (χ4v) is 1.92. The summed E-state index contributed by atoms with van der Waals surface area (Å²) in [6.45, 7) is 2.84. The summed E-state index contributed by atoms with van der Waals surface area (Å²) in [6, 6.07) is 0. The molecule has 5 heteroatoms. The van der Waals surface area contributed by atoms with Gasteiger partial charge in [-0.1, -0.05) is 13.3 Å². The molecule has 98 valence electrons. The number of amides is 1. The van der Waals surface area contributed by atoms with E-state index >= 15 is 0 Å². The monoisotopic (exact) mass is 242 g/mol. The highest BCUT2D eigenvalue weighted by molar-refractivity contribution is 5.79. The topological polar surface area (TPSA) is 92.4 Å². The Balaban J connectivity index is 2.25. The highest BCUT2D eigenvalue weighted by atomic mass is 16.4. The van der Waals surface area contributed by atoms with E-state index in [1.807, 2.05) is 6.92 Å². The molecule has 0 aliphatic heterocycles. The molecule has 0 aromatic carbocycles. The van der Waals surface area contributed by atoms with Crippen molar-refractivity contribution in [2.75, 3.05) is 13.1 Å². The highest BCUT2D eigenvalue weighted by Gasteiger charge is 2.44. The number of carbonyl (C=O) groups is 2. The van der Waals surface area contributed by atoms with Crippen molar-refractivity contribution in [2.45, 2.75) is 39.0 Å². The third kappa shape index (κ3) is 3.70. The molecule has 1 aliphatic carbocycles. The third-order valence-corrected chi connectivity index (χ3v) is 3.65. The first-order valence-corrected chi connectivity index (χ1v) is 6.20. The normalized spacial score (nSPS) is 19.2. The van der Waals surface area contributed by atoms with Crippen molar-refractivity contribution >= 4 is 11.9 Å². The molecule has 0 bridgehead atoms. The van der Waals surface area contributed by atoms with Crippen molar-refractivity contribution in [1.29, 1.82) is 0 Å². The molecule has 0 aromatic heterocycles. The molecule has 0 heterocycles. The van der Waals surface area contributed by atoms with Crippen LogP contribution in [0.25, 0.3) is 0 Å². The van der Waals surface area contributed by atoms with E-state index in [1.165, 1.54) is 0 Å². The van der Waals surface area contributed by atoms with Gasteiger partial charge in [-0.3, -0.25) is 9.59 Å². The van der Waals surface area contributed by atoms with Crippen LogP contribution >= 0.6 is 0 Å². The minimum atomic E-state index is -0.792. The number of hydrogen-bond donors (Lipinski definition) is 3. The SMILES string of the molecule is CC(CN)CCC(=O)NCC1(C(=O)O)CCC1. The van der Waals surface area contributed by atoms with E-state index in [1.54, 1.807) is 0 Å². The van der Waals surface area contributed by atoms with E-state index in [0.717, 1.165) is 12.8 Å². The number of hydrogen-bond acceptors (Lipinski definition) is 3. The standard InChI is InChI=1S/C12H22N2O3/c1-9(7-13)3-4-10(15)14-8-12(11(16)17)5-2-6-12/h9H,2-8,13H2,1H3,(H,14,15)(H,16,17). The van der Waals surface area contributed by atoms with Crippen LogP contribution in [0.15, 0.2) is 0 Å². The number of nitrogens with two attached hydrogens (primary N) is 1. The number of rotatable bonds is 7. The number of aliphatic carboxylic acids is 1. The molecule has 0 saturated heterocycles. The van der Waals surface area contributed by atoms with E-state index in [9.17, 15) is 9.59 Å². The van der Waals surface area contributed by atoms with Gasteiger partial charge in [0.25, 0.3) is 0 Å². The van der Waals surface area contributed by atoms with E-state index in [2.05, 4.69) is 5.32 Å². The lowest BCUT2D eigenvalue weighted by Crippen LogP contribution is -2.47. The zero-order chi connectivity index (χ0) is 12.9. The molecule has 0 spiro atoms. The van der Waals surface area contributed by atoms with Gasteiger partial charge in [0.05, 0.1) is 5.41 Å². The second-order valence-electron chi connectivity index (χ2n) is 5.10. The predicted molar refractivity (Wildman–Crippen MR) is 64.4 cm³/mol. The van der Waals surface area contributed by atoms with Crippen molar-refractivity contribution in [3.63, 3.8) is 0 Å². The number of nitrogens with one attached hydrogen (secondary N) is 1. The van der Waals surface area contributed by atoms with Gasteiger partial charge in [0.1, 0.15) is 0 Å². The summed E-state index contributed by atoms with van der Waals surface area (Å²) in [5.74, 6) is -0.532. The molecule has 1 fully saturated rings. The maximum absolute atomic E-state index is 11.5. The first-order valence-electron chi connectivity index (χ1n) is 6.20. The minimum Gasteiger partial charge on any atom is -0.481 e. The Bertz CT molecular complexity index is 287. The molecule has 17 heavy (non-hydrogen) atoms. The maximum atomic E-state index is 11.5. The second-order valence-corrected chi connectivity index (χ2v) is 5.10. The van der Waals surface area contributed by atoms with Crippen LogP contribution in [0.4, 0.5) is 0 Å². The van der Waals surface area contributed by atoms with Crippen LogP contribution in [-0.2, 0) is 9.59 Å². The van der Waals surface area contributed by atoms with Crippen LogP contribution in [0, 0.1) is 11.3 Å². The lowest BCUT2D eigenvalue weighted by Gasteiger charge is -2.37. The fraction of sp³-hybridized carbons (Fsp3) is 0.833. The van der Waals surface area contributed by atoms with Crippen LogP contribution in [0.5, 0.6) is 0 Å². The average Bonchev–Trinajstić information content (AvgIpc) is 2.23. The molecule has 1 amide bonds. The summed E-state index contributed by atoms with van der Waals surface area (Å²) in [5, 5.41) is 11.8. The molecule has 1 unspecified atom stereocenters. The number of carboxylic acids is 1. The van der Waals surface area contributed by atoms with Gasteiger partial charge in [-0.25, -0.2) is 0 Å². The van der Waals surface area contributed by atoms with Crippen molar-refractivity contribution in [3.05, 3.63) is 0 Å². The zero-order valence-corrected chi connectivity index (χ0v) is 10.4. The van der Waals surface area contributed by atoms with Crippen molar-refractivity contribution < 1.29 is 14.7 Å². The molecular formula is C12H22N2O3. The molecule has 1 atom stereocenters. The Kier molecular flexibility index (Phi) is 4.93. The minimum absolute atomic E-state index is 0.0715. The maximum Gasteiger partial charge on any atom is 0.311 e. The van der Waals surface area contributed by atoms with E-state index < -0.39 is 11.4 Å². The predicted octanol–water partition coefficient (Wildman–Crippen LogP) is 0.733. The van der Waals surface area contributed by atoms with Gasteiger partial charge in [-0.15, -0.1) is 0 Å². The van der Waals surface area contributed by atoms with Crippen LogP contribution in [0.2, 0.25) is 0 Å². The summed E-state index contributed by atoms with van der Waals surface area (Å²) in [4.78, 5) is 22.6. The van der Waals surface area contributed by atoms with Gasteiger partial charge in [-0.05, 0) is 31.7 Å². The van der Waals surface area contributed by atoms with Gasteiger partial charge in [0.2, 0.25) is 5.91 Å². The lowest BCUT2D eigenvalue weighted by atomic mass is 9.69. The first-order chi connectivity index (χ1) is 8.00. The summed E-state index contributed by atoms with van der Waals surface area (Å²) in [6.07, 6.45) is 3.45. The van der Waals surface area contributed by atoms with E-state index in [0.29, 0.717) is 31.7 Å². The Morgan fingerprint density at radius 2 is 2.12 bits per heavy atom. The Morgan fingerprint density at radius 1 is 1.47 bits per heavy atom. The van der Waals surface area contributed by atoms with Crippen LogP contribution in [0.1, 0.15) is 39.0 Å². The molecule has 0 aromatic rings. The first kappa shape index (κ1) is 14.0. The quantitative estimate of drug-likeness (QED) is 0.613. The summed E-state index contributed by atoms with van der Waals surface area (Å²) in [5.41, 5.74) is 4.76. The van der Waals surface area contributed by atoms with Gasteiger partial charge >= 0.3 is 5.97 Å². The molecule has 5 nitrogen and oxygen atoms in total. The largest absolute Gasteiger partial charge is 0.481 e. The summed E-state index contributed by atoms with van der Waals surface area (Å²) >= 11 is 0. The number of carbonyl (C=O) groups excluding carboxylic acids is 1. The molecule has 1 saturated carbocycles. The number of carboxylic acid groups (broad SMARTS) is 1. The lowest BCUT2D eigenvalue weighted by molar-refractivity contribution is -0.154. The molecule has 0 radical (unpaired) electrons. The van der Waals surface area contributed by atoms with Crippen LogP contribution in [0.3, 0.4) is 0 Å². The summed E-state index contributed by atoms with van der Waals surface area (Å²) < 4.78 is 0. The average molecular weight is 242 g/mol. The second kappa shape index (κ2) is 6.00. The fourth-order valence-electron chi connectivity index (χ4n) is 1.92.